The highest BCUT2D eigenvalue weighted by atomic mass is 32.2. The fourth-order valence-corrected chi connectivity index (χ4v) is 5.88. The Bertz CT molecular complexity index is 1170. The Morgan fingerprint density at radius 3 is 2.64 bits per heavy atom. The van der Waals surface area contributed by atoms with Crippen LogP contribution in [-0.4, -0.2) is 80.2 Å². The molecule has 2 heterocycles. The van der Waals surface area contributed by atoms with Crippen LogP contribution in [0.4, 0.5) is 10.5 Å². The molecule has 0 saturated heterocycles. The maximum absolute atomic E-state index is 13.5. The SMILES string of the molecule is CC(C)NC(=O)N(C)C[C@@H]1Oc2ccc(NS(=O)(=O)c3cccs3)cc2C(=O)N([C@@H](C)CO)C[C@@H]1C. The molecular weight excluding hydrogens is 504 g/mol. The van der Waals surface area contributed by atoms with Crippen molar-refractivity contribution in [1.82, 2.24) is 15.1 Å². The first-order chi connectivity index (χ1) is 16.9. The Hall–Kier alpha value is -2.83. The lowest BCUT2D eigenvalue weighted by atomic mass is 9.99. The summed E-state index contributed by atoms with van der Waals surface area (Å²) < 4.78 is 34.3. The molecule has 0 bridgehead atoms. The smallest absolute Gasteiger partial charge is 0.317 e. The lowest BCUT2D eigenvalue weighted by Gasteiger charge is -2.38. The molecule has 1 aliphatic rings. The maximum atomic E-state index is 13.5. The average molecular weight is 539 g/mol. The van der Waals surface area contributed by atoms with E-state index in [9.17, 15) is 23.1 Å². The number of amides is 3. The lowest BCUT2D eigenvalue weighted by Crippen LogP contribution is -2.51. The Morgan fingerprint density at radius 2 is 2.03 bits per heavy atom. The summed E-state index contributed by atoms with van der Waals surface area (Å²) in [6, 6.07) is 6.95. The Balaban J connectivity index is 1.95. The van der Waals surface area contributed by atoms with Gasteiger partial charge in [0.1, 0.15) is 16.1 Å². The third-order valence-corrected chi connectivity index (χ3v) is 8.67. The van der Waals surface area contributed by atoms with Gasteiger partial charge < -0.3 is 25.0 Å². The second-order valence-corrected chi connectivity index (χ2v) is 12.2. The van der Waals surface area contributed by atoms with Crippen LogP contribution in [-0.2, 0) is 10.0 Å². The lowest BCUT2D eigenvalue weighted by molar-refractivity contribution is 0.0366. The van der Waals surface area contributed by atoms with Crippen LogP contribution >= 0.6 is 11.3 Å². The standard InChI is InChI=1S/C24H34N4O6S2/c1-15(2)25-24(31)27(5)13-21-16(3)12-28(17(4)14-29)23(30)19-11-18(8-9-20(19)34-21)26-36(32,33)22-7-6-10-35-22/h6-11,15-17,21,26,29H,12-14H2,1-5H3,(H,25,31)/t16-,17-,21-/m0/s1. The normalized spacial score (nSPS) is 19.1. The summed E-state index contributed by atoms with van der Waals surface area (Å²) in [6.45, 7) is 7.74. The van der Waals surface area contributed by atoms with Gasteiger partial charge in [0.05, 0.1) is 24.8 Å². The van der Waals surface area contributed by atoms with Gasteiger partial charge in [-0.05, 0) is 50.4 Å². The predicted molar refractivity (Wildman–Crippen MR) is 139 cm³/mol. The van der Waals surface area contributed by atoms with E-state index < -0.39 is 22.2 Å². The maximum Gasteiger partial charge on any atom is 0.317 e. The van der Waals surface area contributed by atoms with Gasteiger partial charge in [0, 0.05) is 31.2 Å². The summed E-state index contributed by atoms with van der Waals surface area (Å²) in [4.78, 5) is 29.1. The summed E-state index contributed by atoms with van der Waals surface area (Å²) in [5, 5.41) is 14.3. The van der Waals surface area contributed by atoms with Gasteiger partial charge in [0.25, 0.3) is 15.9 Å². The van der Waals surface area contributed by atoms with Crippen LogP contribution in [0.25, 0.3) is 0 Å². The van der Waals surface area contributed by atoms with Crippen LogP contribution in [0, 0.1) is 5.92 Å². The summed E-state index contributed by atoms with van der Waals surface area (Å²) in [7, 11) is -2.13. The number of nitrogens with one attached hydrogen (secondary N) is 2. The highest BCUT2D eigenvalue weighted by Crippen LogP contribution is 2.31. The van der Waals surface area contributed by atoms with Crippen LogP contribution in [0.1, 0.15) is 38.1 Å². The molecule has 0 spiro atoms. The number of ether oxygens (including phenoxy) is 1. The monoisotopic (exact) mass is 538 g/mol. The summed E-state index contributed by atoms with van der Waals surface area (Å²) >= 11 is 1.09. The number of anilines is 1. The number of hydrogen-bond donors (Lipinski definition) is 3. The molecule has 1 aromatic heterocycles. The molecule has 0 radical (unpaired) electrons. The van der Waals surface area contributed by atoms with Crippen molar-refractivity contribution >= 4 is 39.0 Å². The van der Waals surface area contributed by atoms with Crippen LogP contribution in [0.15, 0.2) is 39.9 Å². The van der Waals surface area contributed by atoms with Gasteiger partial charge in [-0.15, -0.1) is 11.3 Å². The molecule has 1 aliphatic heterocycles. The first kappa shape index (κ1) is 27.8. The van der Waals surface area contributed by atoms with Crippen LogP contribution < -0.4 is 14.8 Å². The molecule has 12 heteroatoms. The number of nitrogens with zero attached hydrogens (tertiary/aromatic N) is 2. The largest absolute Gasteiger partial charge is 0.487 e. The van der Waals surface area contributed by atoms with E-state index in [1.165, 1.54) is 23.1 Å². The van der Waals surface area contributed by atoms with E-state index in [1.807, 2.05) is 20.8 Å². The van der Waals surface area contributed by atoms with Crippen molar-refractivity contribution < 1.29 is 27.9 Å². The molecule has 2 aromatic rings. The van der Waals surface area contributed by atoms with Gasteiger partial charge in [0.15, 0.2) is 0 Å². The van der Waals surface area contributed by atoms with Crippen molar-refractivity contribution in [1.29, 1.82) is 0 Å². The molecule has 0 aliphatic carbocycles. The molecule has 3 rings (SSSR count). The zero-order valence-corrected chi connectivity index (χ0v) is 22.7. The molecule has 3 atom stereocenters. The topological polar surface area (TPSA) is 128 Å². The van der Waals surface area contributed by atoms with Crippen molar-refractivity contribution in [2.45, 2.75) is 50.1 Å². The minimum Gasteiger partial charge on any atom is -0.487 e. The minimum atomic E-state index is -3.81. The van der Waals surface area contributed by atoms with Crippen molar-refractivity contribution in [2.24, 2.45) is 5.92 Å². The summed E-state index contributed by atoms with van der Waals surface area (Å²) in [5.74, 6) is -0.259. The van der Waals surface area contributed by atoms with Crippen LogP contribution in [0.2, 0.25) is 0 Å². The van der Waals surface area contributed by atoms with Crippen LogP contribution in [0.3, 0.4) is 0 Å². The third kappa shape index (κ3) is 6.48. The van der Waals surface area contributed by atoms with E-state index in [2.05, 4.69) is 10.0 Å². The van der Waals surface area contributed by atoms with Crippen molar-refractivity contribution in [3.63, 3.8) is 0 Å². The molecule has 1 aromatic carbocycles. The number of carbonyl (C=O) groups excluding carboxylic acids is 2. The van der Waals surface area contributed by atoms with Gasteiger partial charge in [-0.25, -0.2) is 13.2 Å². The van der Waals surface area contributed by atoms with Crippen molar-refractivity contribution in [3.8, 4) is 5.75 Å². The molecule has 0 saturated carbocycles. The number of urea groups is 1. The quantitative estimate of drug-likeness (QED) is 0.474. The number of aliphatic hydroxyl groups is 1. The molecule has 3 amide bonds. The second kappa shape index (κ2) is 11.5. The molecule has 0 fully saturated rings. The Labute approximate surface area is 216 Å². The highest BCUT2D eigenvalue weighted by Gasteiger charge is 2.34. The molecule has 36 heavy (non-hydrogen) atoms. The molecule has 3 N–H and O–H groups in total. The van der Waals surface area contributed by atoms with Crippen LogP contribution in [0.5, 0.6) is 5.75 Å². The zero-order chi connectivity index (χ0) is 26.6. The van der Waals surface area contributed by atoms with E-state index in [1.54, 1.807) is 36.4 Å². The molecular formula is C24H34N4O6S2. The molecule has 198 valence electrons. The highest BCUT2D eigenvalue weighted by molar-refractivity contribution is 7.94. The zero-order valence-electron chi connectivity index (χ0n) is 21.1. The first-order valence-corrected chi connectivity index (χ1v) is 14.1. The van der Waals surface area contributed by atoms with Crippen molar-refractivity contribution in [3.05, 3.63) is 41.3 Å². The summed E-state index contributed by atoms with van der Waals surface area (Å²) in [6.07, 6.45) is -0.457. The third-order valence-electron chi connectivity index (χ3n) is 5.89. The number of fused-ring (bicyclic) bond motifs is 1. The van der Waals surface area contributed by atoms with E-state index in [0.29, 0.717) is 0 Å². The first-order valence-electron chi connectivity index (χ1n) is 11.7. The predicted octanol–water partition coefficient (Wildman–Crippen LogP) is 2.82. The molecule has 10 nitrogen and oxygen atoms in total. The van der Waals surface area contributed by atoms with E-state index in [-0.39, 0.29) is 64.8 Å². The number of carbonyl (C=O) groups is 2. The Kier molecular flexibility index (Phi) is 8.85. The van der Waals surface area contributed by atoms with Gasteiger partial charge in [-0.2, -0.15) is 0 Å². The number of hydrogen-bond acceptors (Lipinski definition) is 7. The number of benzene rings is 1. The second-order valence-electron chi connectivity index (χ2n) is 9.36. The van der Waals surface area contributed by atoms with Gasteiger partial charge in [-0.1, -0.05) is 13.0 Å². The number of likely N-dealkylation sites (N-methyl/N-ethyl adjacent to an activating group) is 1. The fraction of sp³-hybridized carbons (Fsp3) is 0.500. The number of aliphatic hydroxyl groups excluding tert-OH is 1. The fourth-order valence-electron chi connectivity index (χ4n) is 3.84. The van der Waals surface area contributed by atoms with Gasteiger partial charge in [-0.3, -0.25) is 9.52 Å². The minimum absolute atomic E-state index is 0.0220. The van der Waals surface area contributed by atoms with Crippen molar-refractivity contribution in [2.75, 3.05) is 31.5 Å². The van der Waals surface area contributed by atoms with Gasteiger partial charge in [0.2, 0.25) is 0 Å². The number of rotatable bonds is 8. The number of thiophene rings is 1. The summed E-state index contributed by atoms with van der Waals surface area (Å²) in [5.41, 5.74) is 0.391. The molecule has 0 unspecified atom stereocenters. The van der Waals surface area contributed by atoms with E-state index in [4.69, 9.17) is 4.74 Å². The van der Waals surface area contributed by atoms with E-state index in [0.717, 1.165) is 11.3 Å². The van der Waals surface area contributed by atoms with Gasteiger partial charge >= 0.3 is 6.03 Å². The van der Waals surface area contributed by atoms with E-state index >= 15 is 0 Å². The Morgan fingerprint density at radius 1 is 1.31 bits per heavy atom. The average Bonchev–Trinajstić information content (AvgIpc) is 3.36. The number of sulfonamides is 1.